The fourth-order valence-corrected chi connectivity index (χ4v) is 3.70. The van der Waals surface area contributed by atoms with Crippen molar-refractivity contribution in [2.45, 2.75) is 19.2 Å². The van der Waals surface area contributed by atoms with Crippen molar-refractivity contribution < 1.29 is 8.42 Å². The molecule has 0 aliphatic rings. The lowest BCUT2D eigenvalue weighted by molar-refractivity contribution is 0.606. The van der Waals surface area contributed by atoms with Crippen LogP contribution in [-0.2, 0) is 10.0 Å². The first-order chi connectivity index (χ1) is 12.2. The number of aromatic nitrogens is 4. The van der Waals surface area contributed by atoms with Gasteiger partial charge in [0.25, 0.3) is 5.13 Å². The zero-order valence-corrected chi connectivity index (χ0v) is 16.7. The first-order valence-corrected chi connectivity index (χ1v) is 10.5. The number of halogens is 1. The zero-order valence-electron chi connectivity index (χ0n) is 13.5. The number of aryl methyl sites for hydroxylation is 1. The highest BCUT2D eigenvalue weighted by Gasteiger charge is 2.11. The molecule has 0 saturated heterocycles. The summed E-state index contributed by atoms with van der Waals surface area (Å²) in [6.45, 7) is 1.78. The second-order valence-electron chi connectivity index (χ2n) is 5.14. The number of rotatable bonds is 5. The summed E-state index contributed by atoms with van der Waals surface area (Å²) in [5, 5.41) is 20.7. The molecule has 0 atom stereocenters. The van der Waals surface area contributed by atoms with E-state index in [-0.39, 0.29) is 17.7 Å². The van der Waals surface area contributed by atoms with Gasteiger partial charge in [0, 0.05) is 4.90 Å². The number of benzene rings is 1. The van der Waals surface area contributed by atoms with Crippen molar-refractivity contribution in [2.24, 2.45) is 10.2 Å². The molecule has 0 unspecified atom stereocenters. The number of sulfonamides is 1. The Hall–Kier alpha value is -2.02. The summed E-state index contributed by atoms with van der Waals surface area (Å²) in [6, 6.07) is 5.30. The molecule has 0 spiro atoms. The number of hydrogen-bond acceptors (Lipinski definition) is 9. The van der Waals surface area contributed by atoms with E-state index in [2.05, 4.69) is 42.9 Å². The molecule has 13 heteroatoms. The Kier molecular flexibility index (Phi) is 6.57. The van der Waals surface area contributed by atoms with Crippen molar-refractivity contribution in [3.8, 4) is 5.69 Å². The zero-order chi connectivity index (χ0) is 18.9. The van der Waals surface area contributed by atoms with Crippen LogP contribution in [0.5, 0.6) is 0 Å². The SMILES string of the molecule is C.Cc1nn(-c2cc(S)ccc2Cl)cc1N=Nc1nnc(NS(C)(=O)=O)s1. The first kappa shape index (κ1) is 21.3. The Bertz CT molecular complexity index is 1090. The Morgan fingerprint density at radius 1 is 1.30 bits per heavy atom. The number of azo groups is 1. The van der Waals surface area contributed by atoms with E-state index >= 15 is 0 Å². The van der Waals surface area contributed by atoms with Crippen LogP contribution in [-0.4, -0.2) is 34.7 Å². The smallest absolute Gasteiger partial charge is 0.253 e. The van der Waals surface area contributed by atoms with Gasteiger partial charge >= 0.3 is 0 Å². The fraction of sp³-hybridized carbons (Fsp3) is 0.214. The number of nitrogens with zero attached hydrogens (tertiary/aromatic N) is 6. The maximum atomic E-state index is 11.2. The maximum Gasteiger partial charge on any atom is 0.253 e. The van der Waals surface area contributed by atoms with Crippen molar-refractivity contribution in [3.05, 3.63) is 35.1 Å². The second-order valence-corrected chi connectivity index (χ2v) is 8.77. The van der Waals surface area contributed by atoms with E-state index in [0.717, 1.165) is 22.5 Å². The second kappa shape index (κ2) is 8.33. The van der Waals surface area contributed by atoms with Gasteiger partial charge in [0.1, 0.15) is 5.69 Å². The molecule has 0 fully saturated rings. The lowest BCUT2D eigenvalue weighted by Gasteiger charge is -2.04. The first-order valence-electron chi connectivity index (χ1n) is 6.99. The van der Waals surface area contributed by atoms with Gasteiger partial charge in [0.2, 0.25) is 15.2 Å². The standard InChI is InChI=1S/C13H12ClN7O2S3.CH4/c1-7-10(6-21(19-7)11-5-8(24)3-4-9(11)14)15-16-12-17-18-13(25-12)20-26(2,22)23;/h3-6,24H,1-2H3,(H,18,20);1H4. The van der Waals surface area contributed by atoms with Crippen LogP contribution in [0.2, 0.25) is 5.02 Å². The van der Waals surface area contributed by atoms with E-state index in [4.69, 9.17) is 11.6 Å². The van der Waals surface area contributed by atoms with Crippen molar-refractivity contribution in [1.82, 2.24) is 20.0 Å². The van der Waals surface area contributed by atoms with E-state index in [1.165, 1.54) is 0 Å². The molecule has 3 aromatic rings. The predicted octanol–water partition coefficient (Wildman–Crippen LogP) is 4.40. The highest BCUT2D eigenvalue weighted by Crippen LogP contribution is 2.29. The molecular formula is C14H16ClN7O2S3. The minimum Gasteiger partial charge on any atom is -0.257 e. The van der Waals surface area contributed by atoms with Crippen molar-refractivity contribution >= 4 is 61.5 Å². The lowest BCUT2D eigenvalue weighted by atomic mass is 10.3. The number of nitrogens with one attached hydrogen (secondary N) is 1. The quantitative estimate of drug-likeness (QED) is 0.446. The lowest BCUT2D eigenvalue weighted by Crippen LogP contribution is -2.08. The molecule has 0 amide bonds. The third-order valence-corrected chi connectivity index (χ3v) is 4.99. The van der Waals surface area contributed by atoms with E-state index in [9.17, 15) is 8.42 Å². The third-order valence-electron chi connectivity index (χ3n) is 2.98. The molecule has 2 heterocycles. The Morgan fingerprint density at radius 2 is 2.04 bits per heavy atom. The highest BCUT2D eigenvalue weighted by molar-refractivity contribution is 7.92. The van der Waals surface area contributed by atoms with Gasteiger partial charge in [0.05, 0.1) is 28.9 Å². The van der Waals surface area contributed by atoms with Gasteiger partial charge in [-0.2, -0.15) is 5.10 Å². The van der Waals surface area contributed by atoms with Crippen LogP contribution in [0.25, 0.3) is 5.69 Å². The topological polar surface area (TPSA) is 114 Å². The molecule has 0 saturated carbocycles. The average molecular weight is 446 g/mol. The molecule has 0 bridgehead atoms. The summed E-state index contributed by atoms with van der Waals surface area (Å²) in [6.07, 6.45) is 2.70. The predicted molar refractivity (Wildman–Crippen MR) is 110 cm³/mol. The van der Waals surface area contributed by atoms with Crippen molar-refractivity contribution in [2.75, 3.05) is 11.0 Å². The van der Waals surface area contributed by atoms with Gasteiger partial charge in [-0.3, -0.25) is 4.72 Å². The molecule has 1 aromatic carbocycles. The largest absolute Gasteiger partial charge is 0.257 e. The summed E-state index contributed by atoms with van der Waals surface area (Å²) in [7, 11) is -3.42. The molecule has 2 aromatic heterocycles. The van der Waals surface area contributed by atoms with Gasteiger partial charge < -0.3 is 0 Å². The van der Waals surface area contributed by atoms with E-state index in [1.807, 2.05) is 0 Å². The molecule has 1 N–H and O–H groups in total. The Labute approximate surface area is 171 Å². The monoisotopic (exact) mass is 445 g/mol. The Balaban J connectivity index is 0.00000261. The third kappa shape index (κ3) is 5.48. The number of thiol groups is 1. The van der Waals surface area contributed by atoms with E-state index < -0.39 is 10.0 Å². The summed E-state index contributed by atoms with van der Waals surface area (Å²) >= 11 is 11.5. The van der Waals surface area contributed by atoms with Crippen LogP contribution in [0.3, 0.4) is 0 Å². The minimum atomic E-state index is -3.42. The van der Waals surface area contributed by atoms with E-state index in [0.29, 0.717) is 22.1 Å². The fourth-order valence-electron chi connectivity index (χ4n) is 1.90. The molecule has 3 rings (SSSR count). The van der Waals surface area contributed by atoms with Crippen molar-refractivity contribution in [1.29, 1.82) is 0 Å². The summed E-state index contributed by atoms with van der Waals surface area (Å²) in [4.78, 5) is 0.750. The summed E-state index contributed by atoms with van der Waals surface area (Å²) < 4.78 is 26.1. The average Bonchev–Trinajstić information content (AvgIpc) is 3.12. The molecular weight excluding hydrogens is 430 g/mol. The van der Waals surface area contributed by atoms with Gasteiger partial charge in [0.15, 0.2) is 0 Å². The molecule has 9 nitrogen and oxygen atoms in total. The summed E-state index contributed by atoms with van der Waals surface area (Å²) in [5.41, 5.74) is 1.81. The van der Waals surface area contributed by atoms with Crippen LogP contribution in [0.15, 0.2) is 39.5 Å². The van der Waals surface area contributed by atoms with Gasteiger partial charge in [-0.05, 0) is 25.1 Å². The molecule has 0 radical (unpaired) electrons. The van der Waals surface area contributed by atoms with Crippen LogP contribution < -0.4 is 4.72 Å². The van der Waals surface area contributed by atoms with E-state index in [1.54, 1.807) is 36.0 Å². The maximum absolute atomic E-state index is 11.2. The number of hydrogen-bond donors (Lipinski definition) is 2. The molecule has 27 heavy (non-hydrogen) atoms. The van der Waals surface area contributed by atoms with Gasteiger partial charge in [-0.15, -0.1) is 33.1 Å². The van der Waals surface area contributed by atoms with Crippen LogP contribution in [0.4, 0.5) is 16.0 Å². The van der Waals surface area contributed by atoms with Crippen LogP contribution in [0, 0.1) is 6.92 Å². The van der Waals surface area contributed by atoms with Gasteiger partial charge in [-0.25, -0.2) is 13.1 Å². The molecule has 0 aliphatic carbocycles. The number of anilines is 1. The Morgan fingerprint density at radius 3 is 2.74 bits per heavy atom. The molecule has 0 aliphatic heterocycles. The minimum absolute atomic E-state index is 0. The van der Waals surface area contributed by atoms with Gasteiger partial charge in [-0.1, -0.05) is 30.4 Å². The highest BCUT2D eigenvalue weighted by atomic mass is 35.5. The molecule has 144 valence electrons. The van der Waals surface area contributed by atoms with Crippen LogP contribution in [0.1, 0.15) is 13.1 Å². The normalized spacial score (nSPS) is 11.6. The van der Waals surface area contributed by atoms with Crippen molar-refractivity contribution in [3.63, 3.8) is 0 Å². The summed E-state index contributed by atoms with van der Waals surface area (Å²) in [5.74, 6) is 0. The van der Waals surface area contributed by atoms with Crippen LogP contribution >= 0.6 is 35.6 Å².